The minimum Gasteiger partial charge on any atom is -0.463 e. The molecule has 2 heterocycles. The smallest absolute Gasteiger partial charge is 0.416 e. The zero-order valence-corrected chi connectivity index (χ0v) is 18.9. The van der Waals surface area contributed by atoms with Gasteiger partial charge in [0.1, 0.15) is 11.9 Å². The van der Waals surface area contributed by atoms with Gasteiger partial charge in [0.2, 0.25) is 0 Å². The maximum atomic E-state index is 14.3. The van der Waals surface area contributed by atoms with E-state index in [1.54, 1.807) is 25.4 Å². The fraction of sp³-hybridized carbons (Fsp3) is 0.208. The minimum absolute atomic E-state index is 0.139. The first-order valence-electron chi connectivity index (χ1n) is 10.3. The summed E-state index contributed by atoms with van der Waals surface area (Å²) in [6.07, 6.45) is -2.88. The van der Waals surface area contributed by atoms with Crippen LogP contribution in [0.3, 0.4) is 0 Å². The number of amidine groups is 1. The number of hydrogen-bond acceptors (Lipinski definition) is 6. The molecule has 0 saturated heterocycles. The van der Waals surface area contributed by atoms with Crippen LogP contribution in [0.1, 0.15) is 36.0 Å². The molecule has 1 atom stereocenters. The van der Waals surface area contributed by atoms with Gasteiger partial charge in [0.15, 0.2) is 10.8 Å². The number of alkyl halides is 3. The number of aromatic nitrogens is 1. The van der Waals surface area contributed by atoms with E-state index in [4.69, 9.17) is 9.73 Å². The van der Waals surface area contributed by atoms with E-state index in [2.05, 4.69) is 10.3 Å². The Balaban J connectivity index is 1.88. The Morgan fingerprint density at radius 1 is 1.18 bits per heavy atom. The SMILES string of the molecule is CCOC(=O)C1=C(C)NC(c2nccs2)=NC1c1ccc(F)cc1-c1ccc(C(F)(F)F)cc1. The number of rotatable bonds is 5. The number of carbonyl (C=O) groups excluding carboxylic acids is 1. The molecular weight excluding hydrogens is 470 g/mol. The fourth-order valence-electron chi connectivity index (χ4n) is 3.68. The van der Waals surface area contributed by atoms with Gasteiger partial charge in [-0.1, -0.05) is 18.2 Å². The average Bonchev–Trinajstić information content (AvgIpc) is 3.33. The highest BCUT2D eigenvalue weighted by atomic mass is 32.1. The monoisotopic (exact) mass is 489 g/mol. The standard InChI is InChI=1S/C24H19F4N3O2S/c1-3-33-23(32)19-13(2)30-21(22-29-10-11-34-22)31-20(19)17-9-8-16(25)12-18(17)14-4-6-15(7-5-14)24(26,27)28/h4-12,20H,3H2,1-2H3,(H,30,31). The molecule has 1 N–H and O–H groups in total. The van der Waals surface area contributed by atoms with Crippen molar-refractivity contribution in [3.63, 3.8) is 0 Å². The summed E-state index contributed by atoms with van der Waals surface area (Å²) in [5.41, 5.74) is 1.01. The number of halogens is 4. The van der Waals surface area contributed by atoms with E-state index in [1.165, 1.54) is 41.7 Å². The first-order valence-corrected chi connectivity index (χ1v) is 11.2. The zero-order chi connectivity index (χ0) is 24.5. The topological polar surface area (TPSA) is 63.6 Å². The van der Waals surface area contributed by atoms with Crippen molar-refractivity contribution in [3.05, 3.63) is 87.3 Å². The molecule has 0 bridgehead atoms. The zero-order valence-electron chi connectivity index (χ0n) is 18.1. The second-order valence-electron chi connectivity index (χ2n) is 7.41. The predicted octanol–water partition coefficient (Wildman–Crippen LogP) is 5.90. The van der Waals surface area contributed by atoms with Crippen molar-refractivity contribution in [2.75, 3.05) is 6.61 Å². The summed E-state index contributed by atoms with van der Waals surface area (Å²) in [5, 5.41) is 5.45. The van der Waals surface area contributed by atoms with Crippen molar-refractivity contribution in [1.82, 2.24) is 10.3 Å². The van der Waals surface area contributed by atoms with E-state index in [1.807, 2.05) is 0 Å². The van der Waals surface area contributed by atoms with Crippen molar-refractivity contribution in [2.45, 2.75) is 26.1 Å². The van der Waals surface area contributed by atoms with Crippen molar-refractivity contribution >= 4 is 23.1 Å². The molecule has 34 heavy (non-hydrogen) atoms. The van der Waals surface area contributed by atoms with Gasteiger partial charge in [-0.15, -0.1) is 11.3 Å². The van der Waals surface area contributed by atoms with E-state index in [0.29, 0.717) is 33.2 Å². The van der Waals surface area contributed by atoms with Crippen LogP contribution < -0.4 is 5.32 Å². The second-order valence-corrected chi connectivity index (χ2v) is 8.30. The lowest BCUT2D eigenvalue weighted by Gasteiger charge is -2.27. The molecule has 0 saturated carbocycles. The molecule has 0 amide bonds. The third kappa shape index (κ3) is 4.72. The van der Waals surface area contributed by atoms with Crippen LogP contribution in [0.2, 0.25) is 0 Å². The third-order valence-corrected chi connectivity index (χ3v) is 5.98. The molecule has 1 unspecified atom stereocenters. The van der Waals surface area contributed by atoms with Gasteiger partial charge in [0.25, 0.3) is 0 Å². The van der Waals surface area contributed by atoms with Gasteiger partial charge in [-0.2, -0.15) is 13.2 Å². The van der Waals surface area contributed by atoms with Crippen LogP contribution in [0.4, 0.5) is 17.6 Å². The summed E-state index contributed by atoms with van der Waals surface area (Å²) in [6, 6.07) is 7.44. The van der Waals surface area contributed by atoms with Gasteiger partial charge >= 0.3 is 12.1 Å². The Kier molecular flexibility index (Phi) is 6.52. The lowest BCUT2D eigenvalue weighted by molar-refractivity contribution is -0.139. The highest BCUT2D eigenvalue weighted by Crippen LogP contribution is 2.39. The van der Waals surface area contributed by atoms with Crippen LogP contribution >= 0.6 is 11.3 Å². The Morgan fingerprint density at radius 3 is 2.53 bits per heavy atom. The van der Waals surface area contributed by atoms with Gasteiger partial charge in [0.05, 0.1) is 17.7 Å². The fourth-order valence-corrected chi connectivity index (χ4v) is 4.27. The number of nitrogens with one attached hydrogen (secondary N) is 1. The molecule has 5 nitrogen and oxygen atoms in total. The molecule has 0 spiro atoms. The lowest BCUT2D eigenvalue weighted by atomic mass is 9.89. The van der Waals surface area contributed by atoms with Crippen LogP contribution in [0, 0.1) is 5.82 Å². The summed E-state index contributed by atoms with van der Waals surface area (Å²) < 4.78 is 58.6. The summed E-state index contributed by atoms with van der Waals surface area (Å²) in [7, 11) is 0. The van der Waals surface area contributed by atoms with Gasteiger partial charge < -0.3 is 10.1 Å². The number of aliphatic imine (C=N–C) groups is 1. The maximum Gasteiger partial charge on any atom is 0.416 e. The van der Waals surface area contributed by atoms with Crippen molar-refractivity contribution in [2.24, 2.45) is 4.99 Å². The van der Waals surface area contributed by atoms with Crippen molar-refractivity contribution in [1.29, 1.82) is 0 Å². The molecule has 0 aliphatic carbocycles. The molecule has 1 aliphatic rings. The number of carbonyl (C=O) groups is 1. The molecule has 4 rings (SSSR count). The van der Waals surface area contributed by atoms with E-state index in [-0.39, 0.29) is 12.2 Å². The molecular formula is C24H19F4N3O2S. The van der Waals surface area contributed by atoms with Crippen LogP contribution in [0.5, 0.6) is 0 Å². The average molecular weight is 489 g/mol. The van der Waals surface area contributed by atoms with Crippen LogP contribution in [-0.2, 0) is 15.7 Å². The number of esters is 1. The van der Waals surface area contributed by atoms with Crippen LogP contribution in [-0.4, -0.2) is 23.4 Å². The highest BCUT2D eigenvalue weighted by Gasteiger charge is 2.33. The van der Waals surface area contributed by atoms with E-state index in [0.717, 1.165) is 12.1 Å². The van der Waals surface area contributed by atoms with Crippen LogP contribution in [0.25, 0.3) is 11.1 Å². The molecule has 1 aliphatic heterocycles. The molecule has 2 aromatic carbocycles. The number of thiazole rings is 1. The largest absolute Gasteiger partial charge is 0.463 e. The molecule has 0 radical (unpaired) electrons. The van der Waals surface area contributed by atoms with Gasteiger partial charge in [-0.25, -0.2) is 14.2 Å². The third-order valence-electron chi connectivity index (χ3n) is 5.20. The summed E-state index contributed by atoms with van der Waals surface area (Å²) in [4.78, 5) is 21.8. The first kappa shape index (κ1) is 23.6. The highest BCUT2D eigenvalue weighted by molar-refractivity contribution is 7.11. The Bertz CT molecular complexity index is 1270. The number of ether oxygens (including phenoxy) is 1. The Morgan fingerprint density at radius 2 is 1.91 bits per heavy atom. The Labute approximate surface area is 196 Å². The summed E-state index contributed by atoms with van der Waals surface area (Å²) in [6.45, 7) is 3.51. The minimum atomic E-state index is -4.50. The molecule has 3 aromatic rings. The number of benzene rings is 2. The quantitative estimate of drug-likeness (QED) is 0.358. The van der Waals surface area contributed by atoms with E-state index >= 15 is 0 Å². The normalized spacial score (nSPS) is 16.2. The molecule has 0 fully saturated rings. The maximum absolute atomic E-state index is 14.3. The first-order chi connectivity index (χ1) is 16.2. The van der Waals surface area contributed by atoms with Crippen molar-refractivity contribution < 1.29 is 27.1 Å². The van der Waals surface area contributed by atoms with E-state index < -0.39 is 29.6 Å². The van der Waals surface area contributed by atoms with Gasteiger partial charge in [-0.3, -0.25) is 4.99 Å². The number of nitrogens with zero attached hydrogens (tertiary/aromatic N) is 2. The second kappa shape index (κ2) is 9.38. The molecule has 176 valence electrons. The summed E-state index contributed by atoms with van der Waals surface area (Å²) in [5.74, 6) is -0.745. The molecule has 10 heteroatoms. The predicted molar refractivity (Wildman–Crippen MR) is 121 cm³/mol. The lowest BCUT2D eigenvalue weighted by Crippen LogP contribution is -2.33. The molecule has 1 aromatic heterocycles. The number of hydrogen-bond donors (Lipinski definition) is 1. The van der Waals surface area contributed by atoms with Crippen LogP contribution in [0.15, 0.2) is 70.3 Å². The number of allylic oxidation sites excluding steroid dienone is 1. The Hall–Kier alpha value is -3.53. The van der Waals surface area contributed by atoms with Crippen molar-refractivity contribution in [3.8, 4) is 11.1 Å². The van der Waals surface area contributed by atoms with E-state index in [9.17, 15) is 22.4 Å². The van der Waals surface area contributed by atoms with Gasteiger partial charge in [0, 0.05) is 17.3 Å². The summed E-state index contributed by atoms with van der Waals surface area (Å²) >= 11 is 1.35. The van der Waals surface area contributed by atoms with Gasteiger partial charge in [-0.05, 0) is 54.8 Å².